The Morgan fingerprint density at radius 3 is 1.97 bits per heavy atom. The number of carbonyl (C=O) groups excluding carboxylic acids is 1. The zero-order chi connectivity index (χ0) is 25.4. The summed E-state index contributed by atoms with van der Waals surface area (Å²) in [6.07, 6.45) is 6.13. The van der Waals surface area contributed by atoms with Crippen molar-refractivity contribution in [2.45, 2.75) is 66.2 Å². The first-order chi connectivity index (χ1) is 15.9. The molecule has 0 unspecified atom stereocenters. The first kappa shape index (κ1) is 25.1. The molecule has 0 saturated carbocycles. The van der Waals surface area contributed by atoms with Crippen molar-refractivity contribution in [3.05, 3.63) is 74.4 Å². The highest BCUT2D eigenvalue weighted by atomic mass is 16.3. The van der Waals surface area contributed by atoms with E-state index in [1.807, 2.05) is 59.8 Å². The van der Waals surface area contributed by atoms with Crippen LogP contribution in [-0.2, 0) is 10.2 Å². The Hall–Kier alpha value is -3.54. The Kier molecular flexibility index (Phi) is 6.92. The van der Waals surface area contributed by atoms with E-state index in [-0.39, 0.29) is 52.9 Å². The number of hydrogen-bond acceptors (Lipinski definition) is 6. The molecule has 1 aliphatic rings. The lowest BCUT2D eigenvalue weighted by Crippen LogP contribution is -2.44. The van der Waals surface area contributed by atoms with Crippen LogP contribution in [0.2, 0.25) is 0 Å². The molecule has 1 aromatic carbocycles. The smallest absolute Gasteiger partial charge is 0.208 e. The van der Waals surface area contributed by atoms with Gasteiger partial charge in [0.1, 0.15) is 28.2 Å². The van der Waals surface area contributed by atoms with Gasteiger partial charge in [-0.15, -0.1) is 0 Å². The second-order valence-corrected chi connectivity index (χ2v) is 9.67. The molecule has 3 N–H and O–H groups in total. The van der Waals surface area contributed by atoms with E-state index in [1.165, 1.54) is 6.07 Å². The monoisotopic (exact) mass is 464 g/mol. The minimum absolute atomic E-state index is 0.0172. The predicted octanol–water partition coefficient (Wildman–Crippen LogP) is 6.36. The highest BCUT2D eigenvalue weighted by Gasteiger charge is 2.49. The number of aliphatic hydroxyl groups is 1. The van der Waals surface area contributed by atoms with E-state index in [2.05, 4.69) is 0 Å². The third-order valence-corrected chi connectivity index (χ3v) is 6.08. The summed E-state index contributed by atoms with van der Waals surface area (Å²) < 4.78 is 6.10. The van der Waals surface area contributed by atoms with Crippen molar-refractivity contribution in [2.24, 2.45) is 0 Å². The molecule has 1 aliphatic carbocycles. The summed E-state index contributed by atoms with van der Waals surface area (Å²) in [5.41, 5.74) is 1.26. The maximum Gasteiger partial charge on any atom is 0.208 e. The van der Waals surface area contributed by atoms with Gasteiger partial charge in [-0.1, -0.05) is 34.9 Å². The number of carbonyl (C=O) groups is 1. The zero-order valence-electron chi connectivity index (χ0n) is 20.6. The van der Waals surface area contributed by atoms with Crippen molar-refractivity contribution in [1.82, 2.24) is 0 Å². The first-order valence-electron chi connectivity index (χ1n) is 11.3. The van der Waals surface area contributed by atoms with Gasteiger partial charge in [0.05, 0.1) is 11.0 Å². The fourth-order valence-electron chi connectivity index (χ4n) is 4.24. The van der Waals surface area contributed by atoms with Crippen molar-refractivity contribution >= 4 is 22.3 Å². The molecule has 0 bridgehead atoms. The van der Waals surface area contributed by atoms with Gasteiger partial charge in [0.15, 0.2) is 5.76 Å². The lowest BCUT2D eigenvalue weighted by Gasteiger charge is -2.36. The lowest BCUT2D eigenvalue weighted by atomic mass is 9.65. The van der Waals surface area contributed by atoms with Crippen LogP contribution in [0.3, 0.4) is 0 Å². The maximum atomic E-state index is 13.9. The van der Waals surface area contributed by atoms with E-state index in [0.717, 1.165) is 22.8 Å². The van der Waals surface area contributed by atoms with Gasteiger partial charge in [-0.2, -0.15) is 0 Å². The van der Waals surface area contributed by atoms with Crippen molar-refractivity contribution in [1.29, 1.82) is 0 Å². The molecule has 0 atom stereocenters. The van der Waals surface area contributed by atoms with E-state index in [4.69, 9.17) is 4.42 Å². The maximum absolute atomic E-state index is 13.9. The Labute approximate surface area is 199 Å². The molecule has 0 aliphatic heterocycles. The van der Waals surface area contributed by atoms with Crippen LogP contribution in [0.1, 0.15) is 72.1 Å². The number of fused-ring (bicyclic) bond motifs is 2. The Balaban J connectivity index is 2.53. The van der Waals surface area contributed by atoms with Crippen LogP contribution in [0.4, 0.5) is 0 Å². The molecule has 180 valence electrons. The first-order valence-corrected chi connectivity index (χ1v) is 11.3. The molecule has 6 nitrogen and oxygen atoms in total. The quantitative estimate of drug-likeness (QED) is 0.429. The lowest BCUT2D eigenvalue weighted by molar-refractivity contribution is -0.123. The normalized spacial score (nSPS) is 14.6. The minimum atomic E-state index is -1.40. The largest absolute Gasteiger partial charge is 0.508 e. The molecule has 0 radical (unpaired) electrons. The average Bonchev–Trinajstić information content (AvgIpc) is 2.72. The Morgan fingerprint density at radius 2 is 1.44 bits per heavy atom. The Morgan fingerprint density at radius 1 is 0.882 bits per heavy atom. The summed E-state index contributed by atoms with van der Waals surface area (Å²) >= 11 is 0. The number of Topliss-reactive ketones (excluding diaryl/α,β-unsaturated/α-hetero) is 1. The van der Waals surface area contributed by atoms with Crippen molar-refractivity contribution in [3.63, 3.8) is 0 Å². The SMILES string of the molecule is CC(C)=CCC1=C(O)C(=O)C(CC=C(C)C)(CC=C(C)C)c2c1oc1cc(O)cc(O)c1c2=O. The third-order valence-electron chi connectivity index (χ3n) is 6.08. The number of benzene rings is 1. The van der Waals surface area contributed by atoms with E-state index < -0.39 is 28.1 Å². The second kappa shape index (κ2) is 9.37. The summed E-state index contributed by atoms with van der Waals surface area (Å²) in [7, 11) is 0. The van der Waals surface area contributed by atoms with Gasteiger partial charge in [0, 0.05) is 17.7 Å². The molecule has 6 heteroatoms. The van der Waals surface area contributed by atoms with Crippen LogP contribution in [0.15, 0.2) is 62.1 Å². The van der Waals surface area contributed by atoms with Crippen LogP contribution in [0.25, 0.3) is 16.5 Å². The summed E-state index contributed by atoms with van der Waals surface area (Å²) in [5.74, 6) is -1.55. The standard InChI is InChI=1S/C28H32O6/c1-15(2)7-8-19-24(31)27(33)28(11-9-16(3)4,12-10-17(5)6)23-25(32)22-20(30)13-18(29)14-21(22)34-26(19)23/h7,9-10,13-14,29-31H,8,11-12H2,1-6H3. The van der Waals surface area contributed by atoms with Gasteiger partial charge < -0.3 is 19.7 Å². The highest BCUT2D eigenvalue weighted by molar-refractivity contribution is 6.11. The van der Waals surface area contributed by atoms with Gasteiger partial charge >= 0.3 is 0 Å². The van der Waals surface area contributed by atoms with Gasteiger partial charge in [-0.05, 0) is 60.8 Å². The molecule has 1 heterocycles. The number of aromatic hydroxyl groups is 2. The second-order valence-electron chi connectivity index (χ2n) is 9.67. The minimum Gasteiger partial charge on any atom is -0.508 e. The zero-order valence-corrected chi connectivity index (χ0v) is 20.6. The van der Waals surface area contributed by atoms with Crippen molar-refractivity contribution in [2.75, 3.05) is 0 Å². The number of aliphatic hydroxyl groups excluding tert-OH is 1. The molecule has 3 rings (SSSR count). The topological polar surface area (TPSA) is 108 Å². The summed E-state index contributed by atoms with van der Waals surface area (Å²) in [6.45, 7) is 11.4. The van der Waals surface area contributed by atoms with E-state index >= 15 is 0 Å². The molecule has 34 heavy (non-hydrogen) atoms. The van der Waals surface area contributed by atoms with Gasteiger partial charge in [-0.3, -0.25) is 9.59 Å². The summed E-state index contributed by atoms with van der Waals surface area (Å²) in [5, 5.41) is 31.5. The molecule has 0 fully saturated rings. The van der Waals surface area contributed by atoms with Crippen LogP contribution in [0.5, 0.6) is 11.5 Å². The van der Waals surface area contributed by atoms with E-state index in [1.54, 1.807) is 0 Å². The molecule has 2 aromatic rings. The van der Waals surface area contributed by atoms with Crippen LogP contribution in [0, 0.1) is 0 Å². The van der Waals surface area contributed by atoms with Crippen molar-refractivity contribution in [3.8, 4) is 11.5 Å². The number of hydrogen-bond donors (Lipinski definition) is 3. The highest BCUT2D eigenvalue weighted by Crippen LogP contribution is 2.46. The molecular formula is C28H32O6. The number of rotatable bonds is 6. The molecule has 0 spiro atoms. The number of ketones is 1. The Bertz CT molecular complexity index is 1320. The van der Waals surface area contributed by atoms with E-state index in [0.29, 0.717) is 0 Å². The van der Waals surface area contributed by atoms with Crippen molar-refractivity contribution < 1.29 is 24.5 Å². The summed E-state index contributed by atoms with van der Waals surface area (Å²) in [4.78, 5) is 27.8. The number of phenols is 2. The molecule has 0 saturated heterocycles. The molecule has 0 amide bonds. The van der Waals surface area contributed by atoms with Gasteiger partial charge in [0.25, 0.3) is 0 Å². The number of allylic oxidation sites excluding steroid dienone is 8. The van der Waals surface area contributed by atoms with Gasteiger partial charge in [0.2, 0.25) is 11.2 Å². The average molecular weight is 465 g/mol. The fraction of sp³-hybridized carbons (Fsp3) is 0.357. The van der Waals surface area contributed by atoms with Crippen LogP contribution in [-0.4, -0.2) is 21.1 Å². The predicted molar refractivity (Wildman–Crippen MR) is 134 cm³/mol. The van der Waals surface area contributed by atoms with Crippen LogP contribution < -0.4 is 5.43 Å². The fourth-order valence-corrected chi connectivity index (χ4v) is 4.24. The number of phenolic OH excluding ortho intramolecular Hbond substituents is 2. The third kappa shape index (κ3) is 4.45. The summed E-state index contributed by atoms with van der Waals surface area (Å²) in [6, 6.07) is 2.32. The molecule has 1 aromatic heterocycles. The van der Waals surface area contributed by atoms with Gasteiger partial charge in [-0.25, -0.2) is 0 Å². The molecular weight excluding hydrogens is 432 g/mol. The van der Waals surface area contributed by atoms with E-state index in [9.17, 15) is 24.9 Å². The van der Waals surface area contributed by atoms with Crippen LogP contribution >= 0.6 is 0 Å².